The summed E-state index contributed by atoms with van der Waals surface area (Å²) in [6, 6.07) is 8.15. The summed E-state index contributed by atoms with van der Waals surface area (Å²) in [6.07, 6.45) is 1.22. The van der Waals surface area contributed by atoms with Crippen molar-refractivity contribution in [1.82, 2.24) is 9.80 Å². The van der Waals surface area contributed by atoms with Gasteiger partial charge >= 0.3 is 0 Å². The molecule has 0 saturated carbocycles. The molecule has 4 heteroatoms. The molecule has 1 aromatic rings. The van der Waals surface area contributed by atoms with Crippen molar-refractivity contribution in [3.63, 3.8) is 0 Å². The Labute approximate surface area is 119 Å². The van der Waals surface area contributed by atoms with Gasteiger partial charge in [-0.25, -0.2) is 0 Å². The van der Waals surface area contributed by atoms with E-state index in [1.54, 1.807) is 0 Å². The predicted molar refractivity (Wildman–Crippen MR) is 78.5 cm³/mol. The van der Waals surface area contributed by atoms with Crippen molar-refractivity contribution in [3.8, 4) is 0 Å². The Hall–Kier alpha value is -0.280. The van der Waals surface area contributed by atoms with Gasteiger partial charge in [-0.3, -0.25) is 4.90 Å². The summed E-state index contributed by atoms with van der Waals surface area (Å²) in [6.45, 7) is 6.56. The van der Waals surface area contributed by atoms with Crippen LogP contribution in [0.5, 0.6) is 0 Å². The Morgan fingerprint density at radius 3 is 2.61 bits per heavy atom. The maximum absolute atomic E-state index is 6.02. The van der Waals surface area contributed by atoms with E-state index >= 15 is 0 Å². The molecule has 1 fully saturated rings. The minimum Gasteiger partial charge on any atom is -0.301 e. The first-order valence-electron chi connectivity index (χ1n) is 6.53. The largest absolute Gasteiger partial charge is 0.301 e. The monoisotopic (exact) mass is 286 g/mol. The van der Waals surface area contributed by atoms with E-state index < -0.39 is 0 Å². The van der Waals surface area contributed by atoms with Gasteiger partial charge in [-0.15, -0.1) is 11.6 Å². The molecule has 0 aromatic heterocycles. The summed E-state index contributed by atoms with van der Waals surface area (Å²) in [5.41, 5.74) is 1.30. The number of benzene rings is 1. The highest BCUT2D eigenvalue weighted by atomic mass is 35.5. The normalized spacial score (nSPS) is 18.8. The summed E-state index contributed by atoms with van der Waals surface area (Å²) < 4.78 is 0. The van der Waals surface area contributed by atoms with Crippen LogP contribution < -0.4 is 0 Å². The summed E-state index contributed by atoms with van der Waals surface area (Å²) in [5.74, 6) is 0.730. The van der Waals surface area contributed by atoms with Crippen LogP contribution in [0.2, 0.25) is 5.02 Å². The topological polar surface area (TPSA) is 6.48 Å². The van der Waals surface area contributed by atoms with Crippen molar-refractivity contribution < 1.29 is 0 Å². The third-order valence-corrected chi connectivity index (χ3v) is 3.78. The van der Waals surface area contributed by atoms with Crippen LogP contribution in [0.3, 0.4) is 0 Å². The summed E-state index contributed by atoms with van der Waals surface area (Å²) >= 11 is 11.8. The third kappa shape index (κ3) is 4.43. The Balaban J connectivity index is 1.87. The molecule has 100 valence electrons. The van der Waals surface area contributed by atoms with E-state index in [9.17, 15) is 0 Å². The lowest BCUT2D eigenvalue weighted by Gasteiger charge is -2.21. The van der Waals surface area contributed by atoms with Gasteiger partial charge in [0.05, 0.1) is 0 Å². The van der Waals surface area contributed by atoms with Gasteiger partial charge in [-0.1, -0.05) is 23.7 Å². The second kappa shape index (κ2) is 7.34. The SMILES string of the molecule is ClCCN1CCCN(Cc2cccc(Cl)c2)CC1. The molecule has 0 N–H and O–H groups in total. The molecule has 0 amide bonds. The van der Waals surface area contributed by atoms with Gasteiger partial charge in [0.1, 0.15) is 0 Å². The Morgan fingerprint density at radius 1 is 1.06 bits per heavy atom. The van der Waals surface area contributed by atoms with Crippen LogP contribution in [0, 0.1) is 0 Å². The molecular weight excluding hydrogens is 267 g/mol. The van der Waals surface area contributed by atoms with Gasteiger partial charge < -0.3 is 4.90 Å². The van der Waals surface area contributed by atoms with Crippen LogP contribution in [0.25, 0.3) is 0 Å². The quantitative estimate of drug-likeness (QED) is 0.785. The molecule has 1 heterocycles. The Bertz CT molecular complexity index is 371. The fourth-order valence-corrected chi connectivity index (χ4v) is 2.87. The molecule has 0 aliphatic carbocycles. The number of rotatable bonds is 4. The first-order valence-corrected chi connectivity index (χ1v) is 7.44. The first-order chi connectivity index (χ1) is 8.78. The molecule has 1 aliphatic heterocycles. The fourth-order valence-electron chi connectivity index (χ4n) is 2.42. The number of hydrogen-bond acceptors (Lipinski definition) is 2. The van der Waals surface area contributed by atoms with E-state index in [-0.39, 0.29) is 0 Å². The van der Waals surface area contributed by atoms with Crippen molar-refractivity contribution in [2.24, 2.45) is 0 Å². The van der Waals surface area contributed by atoms with Gasteiger partial charge in [0, 0.05) is 37.1 Å². The summed E-state index contributed by atoms with van der Waals surface area (Å²) in [5, 5.41) is 0.825. The molecule has 0 atom stereocenters. The zero-order valence-electron chi connectivity index (χ0n) is 10.6. The third-order valence-electron chi connectivity index (χ3n) is 3.38. The standard InChI is InChI=1S/C14H20Cl2N2/c15-5-8-17-6-2-7-18(10-9-17)12-13-3-1-4-14(16)11-13/h1,3-4,11H,2,5-10,12H2. The maximum atomic E-state index is 6.02. The highest BCUT2D eigenvalue weighted by Crippen LogP contribution is 2.14. The number of halogens is 2. The van der Waals surface area contributed by atoms with E-state index in [2.05, 4.69) is 21.9 Å². The van der Waals surface area contributed by atoms with Crippen LogP contribution in [0.1, 0.15) is 12.0 Å². The van der Waals surface area contributed by atoms with E-state index in [1.165, 1.54) is 18.5 Å². The average molecular weight is 287 g/mol. The number of nitrogens with zero attached hydrogens (tertiary/aromatic N) is 2. The van der Waals surface area contributed by atoms with Gasteiger partial charge in [0.15, 0.2) is 0 Å². The first kappa shape index (κ1) is 14.1. The molecule has 0 unspecified atom stereocenters. The van der Waals surface area contributed by atoms with E-state index in [0.717, 1.165) is 43.6 Å². The molecule has 2 rings (SSSR count). The van der Waals surface area contributed by atoms with E-state index in [0.29, 0.717) is 0 Å². The van der Waals surface area contributed by atoms with Crippen LogP contribution in [0.15, 0.2) is 24.3 Å². The zero-order chi connectivity index (χ0) is 12.8. The molecular formula is C14H20Cl2N2. The molecule has 0 spiro atoms. The van der Waals surface area contributed by atoms with Crippen LogP contribution >= 0.6 is 23.2 Å². The lowest BCUT2D eigenvalue weighted by Crippen LogP contribution is -2.31. The lowest BCUT2D eigenvalue weighted by atomic mass is 10.2. The van der Waals surface area contributed by atoms with Crippen molar-refractivity contribution in [2.45, 2.75) is 13.0 Å². The number of alkyl halides is 1. The van der Waals surface area contributed by atoms with Crippen molar-refractivity contribution in [3.05, 3.63) is 34.9 Å². The second-order valence-electron chi connectivity index (χ2n) is 4.79. The zero-order valence-corrected chi connectivity index (χ0v) is 12.1. The Kier molecular flexibility index (Phi) is 5.77. The highest BCUT2D eigenvalue weighted by Gasteiger charge is 2.14. The van der Waals surface area contributed by atoms with Crippen molar-refractivity contribution >= 4 is 23.2 Å². The maximum Gasteiger partial charge on any atom is 0.0409 e. The van der Waals surface area contributed by atoms with E-state index in [1.807, 2.05) is 12.1 Å². The lowest BCUT2D eigenvalue weighted by molar-refractivity contribution is 0.258. The van der Waals surface area contributed by atoms with Gasteiger partial charge in [-0.2, -0.15) is 0 Å². The van der Waals surface area contributed by atoms with Gasteiger partial charge in [0.2, 0.25) is 0 Å². The molecule has 1 saturated heterocycles. The Morgan fingerprint density at radius 2 is 1.83 bits per heavy atom. The van der Waals surface area contributed by atoms with Gasteiger partial charge in [-0.05, 0) is 37.2 Å². The van der Waals surface area contributed by atoms with E-state index in [4.69, 9.17) is 23.2 Å². The molecule has 18 heavy (non-hydrogen) atoms. The minimum absolute atomic E-state index is 0.730. The summed E-state index contributed by atoms with van der Waals surface area (Å²) in [7, 11) is 0. The highest BCUT2D eigenvalue weighted by molar-refractivity contribution is 6.30. The second-order valence-corrected chi connectivity index (χ2v) is 5.60. The smallest absolute Gasteiger partial charge is 0.0409 e. The molecule has 0 bridgehead atoms. The van der Waals surface area contributed by atoms with Crippen LogP contribution in [-0.2, 0) is 6.54 Å². The van der Waals surface area contributed by atoms with Crippen LogP contribution in [0.4, 0.5) is 0 Å². The predicted octanol–water partition coefficient (Wildman–Crippen LogP) is 3.09. The van der Waals surface area contributed by atoms with Crippen molar-refractivity contribution in [1.29, 1.82) is 0 Å². The number of hydrogen-bond donors (Lipinski definition) is 0. The molecule has 0 radical (unpaired) electrons. The average Bonchev–Trinajstić information content (AvgIpc) is 2.56. The minimum atomic E-state index is 0.730. The molecule has 1 aromatic carbocycles. The fraction of sp³-hybridized carbons (Fsp3) is 0.571. The van der Waals surface area contributed by atoms with Crippen molar-refractivity contribution in [2.75, 3.05) is 38.6 Å². The van der Waals surface area contributed by atoms with Gasteiger partial charge in [0.25, 0.3) is 0 Å². The summed E-state index contributed by atoms with van der Waals surface area (Å²) in [4.78, 5) is 4.95. The molecule has 2 nitrogen and oxygen atoms in total. The van der Waals surface area contributed by atoms with Crippen LogP contribution in [-0.4, -0.2) is 48.4 Å². The molecule has 1 aliphatic rings.